The van der Waals surface area contributed by atoms with E-state index in [1.807, 2.05) is 42.5 Å². The fourth-order valence-corrected chi connectivity index (χ4v) is 5.99. The maximum absolute atomic E-state index is 12.8. The number of carbonyl (C=O) groups excluding carboxylic acids is 1. The summed E-state index contributed by atoms with van der Waals surface area (Å²) in [6, 6.07) is 29.8. The van der Waals surface area contributed by atoms with Crippen LogP contribution >= 0.6 is 0 Å². The number of piperidine rings is 1. The Labute approximate surface area is 234 Å². The second-order valence-corrected chi connectivity index (χ2v) is 11.1. The maximum Gasteiger partial charge on any atom is 0.319 e. The number of rotatable bonds is 10. The van der Waals surface area contributed by atoms with Crippen molar-refractivity contribution in [1.82, 2.24) is 20.0 Å². The number of likely N-dealkylation sites (tertiary alicyclic amines) is 2. The molecule has 206 valence electrons. The Morgan fingerprint density at radius 2 is 1.51 bits per heavy atom. The van der Waals surface area contributed by atoms with E-state index in [4.69, 9.17) is 0 Å². The Balaban J connectivity index is 0.985. The number of urea groups is 1. The topological polar surface area (TPSA) is 50.9 Å². The molecule has 0 saturated carbocycles. The zero-order valence-corrected chi connectivity index (χ0v) is 23.3. The fraction of sp³-hybridized carbons (Fsp3) is 0.424. The van der Waals surface area contributed by atoms with E-state index >= 15 is 0 Å². The summed E-state index contributed by atoms with van der Waals surface area (Å²) in [7, 11) is 2.29. The highest BCUT2D eigenvalue weighted by molar-refractivity contribution is 5.94. The largest absolute Gasteiger partial charge is 0.335 e. The molecular formula is C33H43N5O. The predicted molar refractivity (Wildman–Crippen MR) is 161 cm³/mol. The zero-order valence-electron chi connectivity index (χ0n) is 23.3. The van der Waals surface area contributed by atoms with Gasteiger partial charge in [0.2, 0.25) is 0 Å². The van der Waals surface area contributed by atoms with Crippen molar-refractivity contribution in [3.8, 4) is 11.1 Å². The van der Waals surface area contributed by atoms with Crippen LogP contribution in [0.5, 0.6) is 0 Å². The van der Waals surface area contributed by atoms with Crippen molar-refractivity contribution >= 4 is 11.7 Å². The lowest BCUT2D eigenvalue weighted by Gasteiger charge is -2.33. The van der Waals surface area contributed by atoms with Crippen LogP contribution in [0, 0.1) is 0 Å². The SMILES string of the molecule is CN(CCCN1CCC(NC(=O)Nc2ccccc2-c2ccccc2)CC1)[C@H]1CCN(Cc2ccccc2)C1. The van der Waals surface area contributed by atoms with Crippen LogP contribution in [0.1, 0.15) is 31.2 Å². The summed E-state index contributed by atoms with van der Waals surface area (Å²) >= 11 is 0. The first-order valence-corrected chi connectivity index (χ1v) is 14.5. The number of hydrogen-bond acceptors (Lipinski definition) is 4. The monoisotopic (exact) mass is 525 g/mol. The average Bonchev–Trinajstić information content (AvgIpc) is 3.44. The molecule has 2 amide bonds. The van der Waals surface area contributed by atoms with E-state index in [-0.39, 0.29) is 12.1 Å². The number of nitrogens with one attached hydrogen (secondary N) is 2. The van der Waals surface area contributed by atoms with Crippen molar-refractivity contribution in [3.63, 3.8) is 0 Å². The van der Waals surface area contributed by atoms with Gasteiger partial charge in [-0.2, -0.15) is 0 Å². The third-order valence-corrected chi connectivity index (χ3v) is 8.29. The number of para-hydroxylation sites is 1. The Morgan fingerprint density at radius 3 is 2.28 bits per heavy atom. The first-order chi connectivity index (χ1) is 19.1. The third-order valence-electron chi connectivity index (χ3n) is 8.29. The fourth-order valence-electron chi connectivity index (χ4n) is 5.99. The highest BCUT2D eigenvalue weighted by Gasteiger charge is 2.26. The molecule has 2 fully saturated rings. The van der Waals surface area contributed by atoms with Gasteiger partial charge >= 0.3 is 6.03 Å². The second-order valence-electron chi connectivity index (χ2n) is 11.1. The van der Waals surface area contributed by atoms with Gasteiger partial charge in [0.25, 0.3) is 0 Å². The van der Waals surface area contributed by atoms with Crippen molar-refractivity contribution in [2.45, 2.75) is 44.3 Å². The summed E-state index contributed by atoms with van der Waals surface area (Å²) in [6.07, 6.45) is 4.46. The maximum atomic E-state index is 12.8. The lowest BCUT2D eigenvalue weighted by atomic mass is 10.0. The van der Waals surface area contributed by atoms with Gasteiger partial charge in [-0.15, -0.1) is 0 Å². The van der Waals surface area contributed by atoms with Crippen LogP contribution in [-0.4, -0.2) is 79.1 Å². The van der Waals surface area contributed by atoms with E-state index in [9.17, 15) is 4.79 Å². The van der Waals surface area contributed by atoms with Crippen molar-refractivity contribution in [1.29, 1.82) is 0 Å². The summed E-state index contributed by atoms with van der Waals surface area (Å²) in [5.74, 6) is 0. The summed E-state index contributed by atoms with van der Waals surface area (Å²) in [4.78, 5) is 20.5. The minimum atomic E-state index is -0.115. The molecule has 0 unspecified atom stereocenters. The molecule has 0 bridgehead atoms. The molecule has 6 heteroatoms. The molecule has 6 nitrogen and oxygen atoms in total. The molecule has 1 atom stereocenters. The van der Waals surface area contributed by atoms with Gasteiger partial charge < -0.3 is 20.4 Å². The van der Waals surface area contributed by atoms with E-state index in [1.165, 1.54) is 31.5 Å². The lowest BCUT2D eigenvalue weighted by Crippen LogP contribution is -2.46. The number of nitrogens with zero attached hydrogens (tertiary/aromatic N) is 3. The molecular weight excluding hydrogens is 482 g/mol. The molecule has 0 aromatic heterocycles. The first kappa shape index (κ1) is 27.4. The van der Waals surface area contributed by atoms with Crippen molar-refractivity contribution in [2.24, 2.45) is 0 Å². The molecule has 2 aliphatic rings. The molecule has 2 aliphatic heterocycles. The van der Waals surface area contributed by atoms with Gasteiger partial charge in [0, 0.05) is 50.4 Å². The van der Waals surface area contributed by atoms with Crippen LogP contribution < -0.4 is 10.6 Å². The van der Waals surface area contributed by atoms with Gasteiger partial charge in [0.15, 0.2) is 0 Å². The van der Waals surface area contributed by atoms with Gasteiger partial charge in [-0.05, 0) is 63.0 Å². The highest BCUT2D eigenvalue weighted by atomic mass is 16.2. The summed E-state index contributed by atoms with van der Waals surface area (Å²) in [5, 5.41) is 6.29. The van der Waals surface area contributed by atoms with Crippen LogP contribution in [0.25, 0.3) is 11.1 Å². The summed E-state index contributed by atoms with van der Waals surface area (Å²) in [6.45, 7) is 7.79. The van der Waals surface area contributed by atoms with E-state index in [0.717, 1.165) is 62.4 Å². The summed E-state index contributed by atoms with van der Waals surface area (Å²) in [5.41, 5.74) is 4.39. The Morgan fingerprint density at radius 1 is 0.846 bits per heavy atom. The second kappa shape index (κ2) is 13.7. The lowest BCUT2D eigenvalue weighted by molar-refractivity contribution is 0.175. The third kappa shape index (κ3) is 7.91. The first-order valence-electron chi connectivity index (χ1n) is 14.5. The summed E-state index contributed by atoms with van der Waals surface area (Å²) < 4.78 is 0. The average molecular weight is 526 g/mol. The predicted octanol–water partition coefficient (Wildman–Crippen LogP) is 5.54. The van der Waals surface area contributed by atoms with Crippen molar-refractivity contribution in [2.75, 3.05) is 51.6 Å². The normalized spacial score (nSPS) is 18.9. The Kier molecular flexibility index (Phi) is 9.65. The number of amides is 2. The molecule has 3 aromatic carbocycles. The van der Waals surface area contributed by atoms with Gasteiger partial charge in [-0.3, -0.25) is 4.90 Å². The molecule has 2 saturated heterocycles. The molecule has 2 N–H and O–H groups in total. The number of likely N-dealkylation sites (N-methyl/N-ethyl adjacent to an activating group) is 1. The van der Waals surface area contributed by atoms with E-state index < -0.39 is 0 Å². The van der Waals surface area contributed by atoms with Gasteiger partial charge in [-0.25, -0.2) is 4.79 Å². The van der Waals surface area contributed by atoms with Gasteiger partial charge in [0.1, 0.15) is 0 Å². The minimum Gasteiger partial charge on any atom is -0.335 e. The van der Waals surface area contributed by atoms with Crippen LogP contribution in [0.3, 0.4) is 0 Å². The van der Waals surface area contributed by atoms with Gasteiger partial charge in [-0.1, -0.05) is 78.9 Å². The zero-order chi connectivity index (χ0) is 26.9. The highest BCUT2D eigenvalue weighted by Crippen LogP contribution is 2.27. The molecule has 0 radical (unpaired) electrons. The van der Waals surface area contributed by atoms with Crippen molar-refractivity contribution < 1.29 is 4.79 Å². The standard InChI is InChI=1S/C33H43N5O/c1-36(30-19-24-38(26-30)25-27-11-4-2-5-12-27)20-10-21-37-22-17-29(18-23-37)34-33(39)35-32-16-9-8-15-31(32)28-13-6-3-7-14-28/h2-9,11-16,29-30H,10,17-26H2,1H3,(H2,34,35,39)/t30-/m0/s1. The minimum absolute atomic E-state index is 0.115. The van der Waals surface area contributed by atoms with Gasteiger partial charge in [0.05, 0.1) is 5.69 Å². The quantitative estimate of drug-likeness (QED) is 0.365. The Hall–Kier alpha value is -3.19. The van der Waals surface area contributed by atoms with Crippen LogP contribution in [0.4, 0.5) is 10.5 Å². The molecule has 3 aromatic rings. The number of anilines is 1. The smallest absolute Gasteiger partial charge is 0.319 e. The number of benzene rings is 3. The van der Waals surface area contributed by atoms with E-state index in [2.05, 4.69) is 74.8 Å². The van der Waals surface area contributed by atoms with Crippen LogP contribution in [0.15, 0.2) is 84.9 Å². The molecule has 5 rings (SSSR count). The molecule has 0 spiro atoms. The molecule has 0 aliphatic carbocycles. The van der Waals surface area contributed by atoms with E-state index in [1.54, 1.807) is 0 Å². The molecule has 2 heterocycles. The van der Waals surface area contributed by atoms with Crippen molar-refractivity contribution in [3.05, 3.63) is 90.5 Å². The van der Waals surface area contributed by atoms with Crippen LogP contribution in [-0.2, 0) is 6.54 Å². The van der Waals surface area contributed by atoms with Crippen LogP contribution in [0.2, 0.25) is 0 Å². The molecule has 39 heavy (non-hydrogen) atoms. The number of carbonyl (C=O) groups is 1. The van der Waals surface area contributed by atoms with E-state index in [0.29, 0.717) is 6.04 Å². The number of hydrogen-bond donors (Lipinski definition) is 2. The Bertz CT molecular complexity index is 1160.